The molecule has 0 aliphatic rings. The molecular formula is C16H13BrClN3OS. The average molecular weight is 411 g/mol. The minimum Gasteiger partial charge on any atom is -0.267 e. The maximum atomic E-state index is 12.8. The largest absolute Gasteiger partial charge is 0.282 e. The van der Waals surface area contributed by atoms with E-state index < -0.39 is 0 Å². The standard InChI is InChI=1S/C16H13BrClN3OS/c1-2-3-15-20-13-6-4-10(17)8-12(13)16(22)21(15)19-9-11-5-7-14(18)23-11/h4-9H,2-3H2,1H3. The SMILES string of the molecule is CCCc1nc2ccc(Br)cc2c(=O)n1N=Cc1ccc(Cl)s1. The van der Waals surface area contributed by atoms with E-state index in [2.05, 4.69) is 26.0 Å². The molecule has 1 aromatic carbocycles. The van der Waals surface area contributed by atoms with Crippen LogP contribution in [0.2, 0.25) is 4.34 Å². The van der Waals surface area contributed by atoms with Crippen molar-refractivity contribution in [1.82, 2.24) is 9.66 Å². The van der Waals surface area contributed by atoms with Crippen LogP contribution in [0.5, 0.6) is 0 Å². The molecule has 0 aliphatic heterocycles. The molecule has 0 fully saturated rings. The summed E-state index contributed by atoms with van der Waals surface area (Å²) < 4.78 is 2.91. The van der Waals surface area contributed by atoms with Gasteiger partial charge in [0.25, 0.3) is 5.56 Å². The molecule has 0 N–H and O–H groups in total. The predicted octanol–water partition coefficient (Wildman–Crippen LogP) is 4.71. The van der Waals surface area contributed by atoms with E-state index in [0.717, 1.165) is 15.8 Å². The summed E-state index contributed by atoms with van der Waals surface area (Å²) in [5.74, 6) is 0.659. The summed E-state index contributed by atoms with van der Waals surface area (Å²) in [7, 11) is 0. The van der Waals surface area contributed by atoms with Crippen LogP contribution in [0.3, 0.4) is 0 Å². The molecule has 0 spiro atoms. The van der Waals surface area contributed by atoms with Gasteiger partial charge < -0.3 is 0 Å². The number of hydrogen-bond acceptors (Lipinski definition) is 4. The maximum Gasteiger partial charge on any atom is 0.282 e. The van der Waals surface area contributed by atoms with Crippen molar-refractivity contribution >= 4 is 56.0 Å². The molecule has 2 heterocycles. The van der Waals surface area contributed by atoms with Crippen LogP contribution in [0, 0.1) is 0 Å². The Kier molecular flexibility index (Phi) is 4.94. The van der Waals surface area contributed by atoms with Crippen molar-refractivity contribution < 1.29 is 0 Å². The summed E-state index contributed by atoms with van der Waals surface area (Å²) in [5.41, 5.74) is 0.519. The van der Waals surface area contributed by atoms with E-state index in [9.17, 15) is 4.79 Å². The Morgan fingerprint density at radius 2 is 2.22 bits per heavy atom. The lowest BCUT2D eigenvalue weighted by Crippen LogP contribution is -2.22. The van der Waals surface area contributed by atoms with E-state index in [0.29, 0.717) is 27.5 Å². The van der Waals surface area contributed by atoms with Crippen LogP contribution in [-0.2, 0) is 6.42 Å². The molecule has 0 saturated carbocycles. The molecule has 0 amide bonds. The molecule has 0 saturated heterocycles. The lowest BCUT2D eigenvalue weighted by atomic mass is 10.2. The second-order valence-electron chi connectivity index (χ2n) is 4.94. The Morgan fingerprint density at radius 3 is 2.91 bits per heavy atom. The fourth-order valence-corrected chi connectivity index (χ4v) is 3.50. The number of fused-ring (bicyclic) bond motifs is 1. The number of nitrogens with zero attached hydrogens (tertiary/aromatic N) is 3. The molecule has 0 radical (unpaired) electrons. The number of aryl methyl sites for hydroxylation is 1. The minimum absolute atomic E-state index is 0.168. The van der Waals surface area contributed by atoms with Gasteiger partial charge in [-0.3, -0.25) is 4.79 Å². The highest BCUT2D eigenvalue weighted by molar-refractivity contribution is 9.10. The van der Waals surface area contributed by atoms with Gasteiger partial charge >= 0.3 is 0 Å². The molecule has 0 unspecified atom stereocenters. The molecular weight excluding hydrogens is 398 g/mol. The van der Waals surface area contributed by atoms with Gasteiger partial charge in [-0.1, -0.05) is 34.5 Å². The van der Waals surface area contributed by atoms with E-state index in [1.807, 2.05) is 25.1 Å². The third kappa shape index (κ3) is 3.54. The van der Waals surface area contributed by atoms with Crippen LogP contribution < -0.4 is 5.56 Å². The molecule has 3 aromatic rings. The first-order valence-corrected chi connectivity index (χ1v) is 9.08. The van der Waals surface area contributed by atoms with E-state index in [4.69, 9.17) is 11.6 Å². The van der Waals surface area contributed by atoms with Crippen molar-refractivity contribution in [3.63, 3.8) is 0 Å². The third-order valence-electron chi connectivity index (χ3n) is 3.24. The van der Waals surface area contributed by atoms with Gasteiger partial charge in [0.2, 0.25) is 0 Å². The topological polar surface area (TPSA) is 47.2 Å². The minimum atomic E-state index is -0.168. The predicted molar refractivity (Wildman–Crippen MR) is 100 cm³/mol. The molecule has 4 nitrogen and oxygen atoms in total. The zero-order chi connectivity index (χ0) is 16.4. The molecule has 2 aromatic heterocycles. The van der Waals surface area contributed by atoms with Crippen LogP contribution >= 0.6 is 38.9 Å². The smallest absolute Gasteiger partial charge is 0.267 e. The summed E-state index contributed by atoms with van der Waals surface area (Å²) in [6.45, 7) is 2.05. The number of thiophene rings is 1. The first kappa shape index (κ1) is 16.4. The Hall–Kier alpha value is -1.50. The molecule has 0 bridgehead atoms. The highest BCUT2D eigenvalue weighted by Crippen LogP contribution is 2.20. The summed E-state index contributed by atoms with van der Waals surface area (Å²) >= 11 is 10.7. The highest BCUT2D eigenvalue weighted by atomic mass is 79.9. The van der Waals surface area contributed by atoms with Gasteiger partial charge in [-0.05, 0) is 36.8 Å². The summed E-state index contributed by atoms with van der Waals surface area (Å²) in [5, 5.41) is 4.88. The van der Waals surface area contributed by atoms with Gasteiger partial charge in [0.05, 0.1) is 21.5 Å². The van der Waals surface area contributed by atoms with E-state index in [1.165, 1.54) is 16.0 Å². The lowest BCUT2D eigenvalue weighted by Gasteiger charge is -2.08. The Balaban J connectivity index is 2.16. The Bertz CT molecular complexity index is 948. The van der Waals surface area contributed by atoms with Crippen molar-refractivity contribution in [3.8, 4) is 0 Å². The monoisotopic (exact) mass is 409 g/mol. The number of halogens is 2. The van der Waals surface area contributed by atoms with Crippen molar-refractivity contribution in [1.29, 1.82) is 0 Å². The van der Waals surface area contributed by atoms with E-state index >= 15 is 0 Å². The van der Waals surface area contributed by atoms with Gasteiger partial charge in [-0.2, -0.15) is 9.78 Å². The highest BCUT2D eigenvalue weighted by Gasteiger charge is 2.10. The number of benzene rings is 1. The first-order valence-electron chi connectivity index (χ1n) is 7.09. The Labute approximate surface area is 150 Å². The van der Waals surface area contributed by atoms with Crippen molar-refractivity contribution in [3.05, 3.63) is 60.2 Å². The zero-order valence-corrected chi connectivity index (χ0v) is 15.5. The second-order valence-corrected chi connectivity index (χ2v) is 7.61. The van der Waals surface area contributed by atoms with Crippen LogP contribution in [0.1, 0.15) is 24.0 Å². The van der Waals surface area contributed by atoms with Gasteiger partial charge in [0.1, 0.15) is 5.82 Å². The average Bonchev–Trinajstić information content (AvgIpc) is 2.94. The lowest BCUT2D eigenvalue weighted by molar-refractivity contribution is 0.704. The normalized spacial score (nSPS) is 11.6. The summed E-state index contributed by atoms with van der Waals surface area (Å²) in [4.78, 5) is 18.2. The van der Waals surface area contributed by atoms with Crippen LogP contribution in [-0.4, -0.2) is 15.9 Å². The van der Waals surface area contributed by atoms with E-state index in [-0.39, 0.29) is 5.56 Å². The maximum absolute atomic E-state index is 12.8. The van der Waals surface area contributed by atoms with E-state index in [1.54, 1.807) is 18.3 Å². The van der Waals surface area contributed by atoms with Crippen LogP contribution in [0.15, 0.2) is 44.7 Å². The first-order chi connectivity index (χ1) is 11.1. The number of aromatic nitrogens is 2. The van der Waals surface area contributed by atoms with Crippen molar-refractivity contribution in [2.45, 2.75) is 19.8 Å². The zero-order valence-electron chi connectivity index (χ0n) is 12.3. The quantitative estimate of drug-likeness (QED) is 0.585. The van der Waals surface area contributed by atoms with Crippen LogP contribution in [0.4, 0.5) is 0 Å². The Morgan fingerprint density at radius 1 is 1.39 bits per heavy atom. The number of hydrogen-bond donors (Lipinski definition) is 0. The fraction of sp³-hybridized carbons (Fsp3) is 0.188. The van der Waals surface area contributed by atoms with Gasteiger partial charge in [0.15, 0.2) is 0 Å². The summed E-state index contributed by atoms with van der Waals surface area (Å²) in [6.07, 6.45) is 3.21. The van der Waals surface area contributed by atoms with Crippen molar-refractivity contribution in [2.24, 2.45) is 5.10 Å². The molecule has 118 valence electrons. The molecule has 3 rings (SSSR count). The van der Waals surface area contributed by atoms with Gasteiger partial charge in [-0.25, -0.2) is 4.98 Å². The van der Waals surface area contributed by atoms with Gasteiger partial charge in [0, 0.05) is 15.8 Å². The fourth-order valence-electron chi connectivity index (χ4n) is 2.21. The van der Waals surface area contributed by atoms with Crippen LogP contribution in [0.25, 0.3) is 10.9 Å². The van der Waals surface area contributed by atoms with Gasteiger partial charge in [-0.15, -0.1) is 11.3 Å². The summed E-state index contributed by atoms with van der Waals surface area (Å²) in [6, 6.07) is 9.17. The second kappa shape index (κ2) is 6.95. The molecule has 23 heavy (non-hydrogen) atoms. The molecule has 0 aliphatic carbocycles. The van der Waals surface area contributed by atoms with Crippen molar-refractivity contribution in [2.75, 3.05) is 0 Å². The molecule has 0 atom stereocenters. The molecule has 7 heteroatoms. The number of rotatable bonds is 4. The third-order valence-corrected chi connectivity index (χ3v) is 4.90.